The Balaban J connectivity index is 2.17. The number of nitrogens with zero attached hydrogens (tertiary/aromatic N) is 1. The van der Waals surface area contributed by atoms with Crippen LogP contribution in [0.4, 0.5) is 0 Å². The van der Waals surface area contributed by atoms with Gasteiger partial charge >= 0.3 is 0 Å². The smallest absolute Gasteiger partial charge is 0.254 e. The molecule has 0 aromatic heterocycles. The van der Waals surface area contributed by atoms with Gasteiger partial charge in [-0.1, -0.05) is 22.0 Å². The molecule has 86 valence electrons. The lowest BCUT2D eigenvalue weighted by molar-refractivity contribution is 0.00359. The first kappa shape index (κ1) is 11.6. The van der Waals surface area contributed by atoms with Gasteiger partial charge in [0, 0.05) is 16.6 Å². The number of ether oxygens (including phenoxy) is 1. The lowest BCUT2D eigenvalue weighted by atomic mass is 10.1. The van der Waals surface area contributed by atoms with Crippen molar-refractivity contribution in [1.82, 2.24) is 4.90 Å². The summed E-state index contributed by atoms with van der Waals surface area (Å²) in [5.74, 6) is 0.0806. The summed E-state index contributed by atoms with van der Waals surface area (Å²) in [4.78, 5) is 14.1. The Kier molecular flexibility index (Phi) is 3.61. The highest BCUT2D eigenvalue weighted by Gasteiger charge is 2.24. The number of benzene rings is 1. The van der Waals surface area contributed by atoms with Crippen molar-refractivity contribution in [3.8, 4) is 0 Å². The average molecular weight is 284 g/mol. The number of hydrogen-bond donors (Lipinski definition) is 0. The molecule has 4 heteroatoms. The molecule has 0 unspecified atom stereocenters. The van der Waals surface area contributed by atoms with Crippen LogP contribution in [-0.2, 0) is 4.74 Å². The second kappa shape index (κ2) is 4.97. The zero-order chi connectivity index (χ0) is 11.5. The van der Waals surface area contributed by atoms with Gasteiger partial charge in [0.15, 0.2) is 0 Å². The normalized spacial score (nSPS) is 20.9. The van der Waals surface area contributed by atoms with Gasteiger partial charge in [-0.3, -0.25) is 4.79 Å². The van der Waals surface area contributed by atoms with Gasteiger partial charge in [0.2, 0.25) is 0 Å². The molecule has 1 aliphatic rings. The first-order valence-corrected chi connectivity index (χ1v) is 6.12. The Morgan fingerprint density at radius 3 is 3.06 bits per heavy atom. The van der Waals surface area contributed by atoms with E-state index in [1.807, 2.05) is 36.1 Å². The topological polar surface area (TPSA) is 29.5 Å². The molecule has 1 aliphatic heterocycles. The molecule has 0 saturated carbocycles. The van der Waals surface area contributed by atoms with Gasteiger partial charge < -0.3 is 9.64 Å². The summed E-state index contributed by atoms with van der Waals surface area (Å²) in [5, 5.41) is 0. The van der Waals surface area contributed by atoms with Crippen LogP contribution in [0.25, 0.3) is 0 Å². The minimum Gasteiger partial charge on any atom is -0.377 e. The second-order valence-electron chi connectivity index (χ2n) is 3.93. The second-order valence-corrected chi connectivity index (χ2v) is 4.85. The molecule has 0 N–H and O–H groups in total. The molecule has 0 spiro atoms. The number of rotatable bonds is 1. The van der Waals surface area contributed by atoms with Crippen LogP contribution < -0.4 is 0 Å². The maximum atomic E-state index is 12.2. The molecule has 1 saturated heterocycles. The van der Waals surface area contributed by atoms with Crippen LogP contribution in [0.5, 0.6) is 0 Å². The van der Waals surface area contributed by atoms with Crippen LogP contribution >= 0.6 is 15.9 Å². The molecule has 1 heterocycles. The molecule has 1 fully saturated rings. The molecule has 2 rings (SSSR count). The third-order valence-electron chi connectivity index (χ3n) is 2.70. The van der Waals surface area contributed by atoms with E-state index in [1.165, 1.54) is 0 Å². The predicted molar refractivity (Wildman–Crippen MR) is 65.5 cm³/mol. The van der Waals surface area contributed by atoms with E-state index in [2.05, 4.69) is 15.9 Å². The Labute approximate surface area is 104 Å². The van der Waals surface area contributed by atoms with Crippen LogP contribution in [0, 0.1) is 0 Å². The van der Waals surface area contributed by atoms with Gasteiger partial charge in [-0.25, -0.2) is 0 Å². The van der Waals surface area contributed by atoms with Crippen molar-refractivity contribution < 1.29 is 9.53 Å². The number of carbonyl (C=O) groups is 1. The van der Waals surface area contributed by atoms with Gasteiger partial charge in [-0.2, -0.15) is 0 Å². The van der Waals surface area contributed by atoms with E-state index in [0.29, 0.717) is 19.8 Å². The first-order valence-electron chi connectivity index (χ1n) is 5.33. The fourth-order valence-electron chi connectivity index (χ4n) is 1.82. The Hall–Kier alpha value is -0.870. The number of carbonyl (C=O) groups excluding carboxylic acids is 1. The van der Waals surface area contributed by atoms with Crippen LogP contribution in [-0.4, -0.2) is 36.6 Å². The lowest BCUT2D eigenvalue weighted by Crippen LogP contribution is -2.47. The van der Waals surface area contributed by atoms with Crippen molar-refractivity contribution in [3.05, 3.63) is 34.3 Å². The summed E-state index contributed by atoms with van der Waals surface area (Å²) in [6.45, 7) is 3.94. The molecule has 0 bridgehead atoms. The highest BCUT2D eigenvalue weighted by molar-refractivity contribution is 9.10. The summed E-state index contributed by atoms with van der Waals surface area (Å²) >= 11 is 3.37. The maximum Gasteiger partial charge on any atom is 0.254 e. The van der Waals surface area contributed by atoms with Crippen LogP contribution in [0.3, 0.4) is 0 Å². The summed E-state index contributed by atoms with van der Waals surface area (Å²) < 4.78 is 6.25. The minimum absolute atomic E-state index is 0.0806. The molecule has 1 aromatic rings. The Bertz CT molecular complexity index is 394. The summed E-state index contributed by atoms with van der Waals surface area (Å²) in [5.41, 5.74) is 0.725. The van der Waals surface area contributed by atoms with E-state index >= 15 is 0 Å². The summed E-state index contributed by atoms with van der Waals surface area (Å²) in [7, 11) is 0. The van der Waals surface area contributed by atoms with Crippen molar-refractivity contribution in [2.45, 2.75) is 13.0 Å². The van der Waals surface area contributed by atoms with E-state index in [1.54, 1.807) is 0 Å². The maximum absolute atomic E-state index is 12.2. The summed E-state index contributed by atoms with van der Waals surface area (Å²) in [6, 6.07) is 7.64. The number of morpholine rings is 1. The monoisotopic (exact) mass is 283 g/mol. The molecule has 0 aliphatic carbocycles. The number of halogens is 1. The molecular formula is C12H14BrNO2. The Morgan fingerprint density at radius 1 is 1.56 bits per heavy atom. The Morgan fingerprint density at radius 2 is 2.38 bits per heavy atom. The average Bonchev–Trinajstić information content (AvgIpc) is 2.29. The SMILES string of the molecule is C[C@@H]1COCCN1C(=O)c1cccc(Br)c1. The van der Waals surface area contributed by atoms with Gasteiger partial charge in [0.25, 0.3) is 5.91 Å². The molecule has 1 amide bonds. The predicted octanol–water partition coefficient (Wildman–Crippen LogP) is 2.31. The zero-order valence-electron chi connectivity index (χ0n) is 9.15. The van der Waals surface area contributed by atoms with Crippen LogP contribution in [0.15, 0.2) is 28.7 Å². The molecule has 3 nitrogen and oxygen atoms in total. The molecular weight excluding hydrogens is 270 g/mol. The molecule has 16 heavy (non-hydrogen) atoms. The van der Waals surface area contributed by atoms with Gasteiger partial charge in [0.05, 0.1) is 19.3 Å². The zero-order valence-corrected chi connectivity index (χ0v) is 10.7. The fraction of sp³-hybridized carbons (Fsp3) is 0.417. The fourth-order valence-corrected chi connectivity index (χ4v) is 2.22. The highest BCUT2D eigenvalue weighted by atomic mass is 79.9. The quantitative estimate of drug-likeness (QED) is 0.792. The summed E-state index contributed by atoms with van der Waals surface area (Å²) in [6.07, 6.45) is 0. The molecule has 0 radical (unpaired) electrons. The number of amides is 1. The van der Waals surface area contributed by atoms with Gasteiger partial charge in [-0.15, -0.1) is 0 Å². The van der Waals surface area contributed by atoms with Crippen LogP contribution in [0.2, 0.25) is 0 Å². The number of hydrogen-bond acceptors (Lipinski definition) is 2. The van der Waals surface area contributed by atoms with Crippen molar-refractivity contribution in [1.29, 1.82) is 0 Å². The van der Waals surface area contributed by atoms with Gasteiger partial charge in [0.1, 0.15) is 0 Å². The van der Waals surface area contributed by atoms with E-state index in [4.69, 9.17) is 4.74 Å². The largest absolute Gasteiger partial charge is 0.377 e. The van der Waals surface area contributed by atoms with E-state index in [9.17, 15) is 4.79 Å². The lowest BCUT2D eigenvalue weighted by Gasteiger charge is -2.33. The standard InChI is InChI=1S/C12H14BrNO2/c1-9-8-16-6-5-14(9)12(15)10-3-2-4-11(13)7-10/h2-4,7,9H,5-6,8H2,1H3/t9-/m1/s1. The molecule has 1 atom stereocenters. The molecule has 1 aromatic carbocycles. The highest BCUT2D eigenvalue weighted by Crippen LogP contribution is 2.16. The first-order chi connectivity index (χ1) is 7.68. The van der Waals surface area contributed by atoms with Crippen molar-refractivity contribution in [2.24, 2.45) is 0 Å². The van der Waals surface area contributed by atoms with Crippen LogP contribution in [0.1, 0.15) is 17.3 Å². The van der Waals surface area contributed by atoms with Crippen molar-refractivity contribution in [2.75, 3.05) is 19.8 Å². The van der Waals surface area contributed by atoms with Crippen molar-refractivity contribution in [3.63, 3.8) is 0 Å². The van der Waals surface area contributed by atoms with Crippen molar-refractivity contribution >= 4 is 21.8 Å². The van der Waals surface area contributed by atoms with Gasteiger partial charge in [-0.05, 0) is 25.1 Å². The third-order valence-corrected chi connectivity index (χ3v) is 3.19. The van der Waals surface area contributed by atoms with E-state index in [-0.39, 0.29) is 11.9 Å². The third kappa shape index (κ3) is 2.44. The van der Waals surface area contributed by atoms with E-state index < -0.39 is 0 Å². The minimum atomic E-state index is 0.0806. The van der Waals surface area contributed by atoms with E-state index in [0.717, 1.165) is 10.0 Å².